The summed E-state index contributed by atoms with van der Waals surface area (Å²) in [6.45, 7) is 0.319. The molecule has 0 bridgehead atoms. The molecule has 1 aliphatic rings. The second-order valence-corrected chi connectivity index (χ2v) is 5.71. The summed E-state index contributed by atoms with van der Waals surface area (Å²) in [5.41, 5.74) is 0.478. The molecule has 0 saturated heterocycles. The second-order valence-electron chi connectivity index (χ2n) is 5.27. The van der Waals surface area contributed by atoms with Crippen molar-refractivity contribution in [2.24, 2.45) is 0 Å². The normalized spacial score (nSPS) is 15.3. The summed E-state index contributed by atoms with van der Waals surface area (Å²) in [5.74, 6) is 3.03. The molecule has 0 N–H and O–H groups in total. The number of benzene rings is 1. The third kappa shape index (κ3) is 3.71. The number of hydrogen-bond acceptors (Lipinski definition) is 2. The Balaban J connectivity index is 2.29. The number of carbonyl (C=O) groups excluding carboxylic acids is 1. The van der Waals surface area contributed by atoms with Gasteiger partial charge in [-0.3, -0.25) is 4.79 Å². The first kappa shape index (κ1) is 15.7. The van der Waals surface area contributed by atoms with E-state index in [2.05, 4.69) is 5.92 Å². The Morgan fingerprint density at radius 1 is 1.43 bits per heavy atom. The van der Waals surface area contributed by atoms with Gasteiger partial charge in [0.05, 0.1) is 19.2 Å². The number of methoxy groups -OCH3 is 1. The molecule has 1 aliphatic carbocycles. The molecule has 2 rings (SSSR count). The molecule has 1 fully saturated rings. The zero-order valence-corrected chi connectivity index (χ0v) is 13.0. The van der Waals surface area contributed by atoms with Gasteiger partial charge in [-0.05, 0) is 31.0 Å². The highest BCUT2D eigenvalue weighted by molar-refractivity contribution is 6.31. The maximum absolute atomic E-state index is 12.9. The molecule has 0 unspecified atom stereocenters. The van der Waals surface area contributed by atoms with Crippen LogP contribution < -0.4 is 4.74 Å². The van der Waals surface area contributed by atoms with Crippen LogP contribution >= 0.6 is 11.6 Å². The van der Waals surface area contributed by atoms with E-state index in [0.717, 1.165) is 25.7 Å². The number of amides is 1. The largest absolute Gasteiger partial charge is 0.496 e. The summed E-state index contributed by atoms with van der Waals surface area (Å²) in [6, 6.07) is 5.29. The van der Waals surface area contributed by atoms with E-state index in [1.54, 1.807) is 30.2 Å². The Morgan fingerprint density at radius 2 is 2.14 bits per heavy atom. The molecule has 3 nitrogen and oxygen atoms in total. The van der Waals surface area contributed by atoms with Gasteiger partial charge < -0.3 is 9.64 Å². The molecule has 0 atom stereocenters. The van der Waals surface area contributed by atoms with Gasteiger partial charge in [0.15, 0.2) is 0 Å². The van der Waals surface area contributed by atoms with Gasteiger partial charge in [0.2, 0.25) is 0 Å². The van der Waals surface area contributed by atoms with Crippen LogP contribution in [0.25, 0.3) is 0 Å². The lowest BCUT2D eigenvalue weighted by molar-refractivity contribution is 0.0664. The topological polar surface area (TPSA) is 29.5 Å². The number of halogens is 1. The van der Waals surface area contributed by atoms with Crippen molar-refractivity contribution >= 4 is 17.5 Å². The number of carbonyl (C=O) groups is 1. The van der Waals surface area contributed by atoms with Gasteiger partial charge in [0, 0.05) is 11.1 Å². The molecule has 0 aliphatic heterocycles. The number of nitrogens with zero attached hydrogens (tertiary/aromatic N) is 1. The number of hydrogen-bond donors (Lipinski definition) is 0. The van der Waals surface area contributed by atoms with Gasteiger partial charge in [0.25, 0.3) is 5.91 Å². The quantitative estimate of drug-likeness (QED) is 0.793. The van der Waals surface area contributed by atoms with Crippen LogP contribution in [0.3, 0.4) is 0 Å². The van der Waals surface area contributed by atoms with Gasteiger partial charge in [0.1, 0.15) is 5.75 Å². The standard InChI is InChI=1S/C17H20ClNO2/c1-3-11-19(14-7-5-4-6-8-14)17(20)15-12-13(18)9-10-16(15)21-2/h1,9-10,12,14H,4-8,11H2,2H3. The van der Waals surface area contributed by atoms with Gasteiger partial charge in [-0.2, -0.15) is 0 Å². The fourth-order valence-electron chi connectivity index (χ4n) is 2.86. The van der Waals surface area contributed by atoms with E-state index >= 15 is 0 Å². The molecule has 1 amide bonds. The molecule has 1 saturated carbocycles. The SMILES string of the molecule is C#CCN(C(=O)c1cc(Cl)ccc1OC)C1CCCCC1. The van der Waals surface area contributed by atoms with E-state index < -0.39 is 0 Å². The van der Waals surface area contributed by atoms with E-state index in [0.29, 0.717) is 22.9 Å². The van der Waals surface area contributed by atoms with Crippen molar-refractivity contribution in [3.05, 3.63) is 28.8 Å². The van der Waals surface area contributed by atoms with E-state index in [4.69, 9.17) is 22.8 Å². The molecule has 4 heteroatoms. The predicted molar refractivity (Wildman–Crippen MR) is 84.7 cm³/mol. The lowest BCUT2D eigenvalue weighted by Crippen LogP contribution is -2.41. The van der Waals surface area contributed by atoms with Crippen LogP contribution in [0.2, 0.25) is 5.02 Å². The van der Waals surface area contributed by atoms with Gasteiger partial charge in [-0.15, -0.1) is 6.42 Å². The van der Waals surface area contributed by atoms with Crippen molar-refractivity contribution in [3.63, 3.8) is 0 Å². The average Bonchev–Trinajstić information content (AvgIpc) is 2.52. The highest BCUT2D eigenvalue weighted by atomic mass is 35.5. The Labute approximate surface area is 131 Å². The summed E-state index contributed by atoms with van der Waals surface area (Å²) in [6.07, 6.45) is 11.0. The third-order valence-corrected chi connectivity index (χ3v) is 4.16. The zero-order valence-electron chi connectivity index (χ0n) is 12.3. The Morgan fingerprint density at radius 3 is 2.76 bits per heavy atom. The summed E-state index contributed by atoms with van der Waals surface area (Å²) < 4.78 is 5.28. The fraction of sp³-hybridized carbons (Fsp3) is 0.471. The summed E-state index contributed by atoms with van der Waals surface area (Å²) in [5, 5.41) is 0.517. The smallest absolute Gasteiger partial charge is 0.258 e. The lowest BCUT2D eigenvalue weighted by atomic mass is 9.93. The minimum Gasteiger partial charge on any atom is -0.496 e. The first-order chi connectivity index (χ1) is 10.2. The van der Waals surface area contributed by atoms with Crippen molar-refractivity contribution in [3.8, 4) is 18.1 Å². The average molecular weight is 306 g/mol. The molecule has 0 heterocycles. The van der Waals surface area contributed by atoms with Crippen molar-refractivity contribution in [2.75, 3.05) is 13.7 Å². The van der Waals surface area contributed by atoms with Crippen molar-refractivity contribution in [1.29, 1.82) is 0 Å². The monoisotopic (exact) mass is 305 g/mol. The van der Waals surface area contributed by atoms with Gasteiger partial charge >= 0.3 is 0 Å². The van der Waals surface area contributed by atoms with E-state index in [1.165, 1.54) is 6.42 Å². The van der Waals surface area contributed by atoms with E-state index in [1.807, 2.05) is 0 Å². The summed E-state index contributed by atoms with van der Waals surface area (Å²) >= 11 is 6.02. The van der Waals surface area contributed by atoms with Crippen molar-refractivity contribution in [1.82, 2.24) is 4.90 Å². The molecule has 1 aromatic carbocycles. The highest BCUT2D eigenvalue weighted by Crippen LogP contribution is 2.28. The summed E-state index contributed by atoms with van der Waals surface area (Å²) in [7, 11) is 1.55. The van der Waals surface area contributed by atoms with Crippen LogP contribution in [-0.4, -0.2) is 30.5 Å². The summed E-state index contributed by atoms with van der Waals surface area (Å²) in [4.78, 5) is 14.6. The van der Waals surface area contributed by atoms with Crippen LogP contribution in [0.15, 0.2) is 18.2 Å². The minimum absolute atomic E-state index is 0.0980. The molecule has 21 heavy (non-hydrogen) atoms. The molecule has 112 valence electrons. The van der Waals surface area contributed by atoms with Crippen molar-refractivity contribution < 1.29 is 9.53 Å². The first-order valence-electron chi connectivity index (χ1n) is 7.25. The van der Waals surface area contributed by atoms with Crippen LogP contribution in [0.4, 0.5) is 0 Å². The fourth-order valence-corrected chi connectivity index (χ4v) is 3.03. The molecule has 1 aromatic rings. The Bertz CT molecular complexity index is 544. The molecule has 0 aromatic heterocycles. The maximum Gasteiger partial charge on any atom is 0.258 e. The van der Waals surface area contributed by atoms with Crippen LogP contribution in [0.1, 0.15) is 42.5 Å². The maximum atomic E-state index is 12.9. The van der Waals surface area contributed by atoms with E-state index in [-0.39, 0.29) is 11.9 Å². The van der Waals surface area contributed by atoms with Crippen LogP contribution in [-0.2, 0) is 0 Å². The van der Waals surface area contributed by atoms with Crippen LogP contribution in [0, 0.1) is 12.3 Å². The lowest BCUT2D eigenvalue weighted by Gasteiger charge is -2.33. The zero-order chi connectivity index (χ0) is 15.2. The molecular formula is C17H20ClNO2. The number of rotatable bonds is 4. The number of terminal acetylenes is 1. The third-order valence-electron chi connectivity index (χ3n) is 3.93. The molecule has 0 radical (unpaired) electrons. The Hall–Kier alpha value is -1.66. The predicted octanol–water partition coefficient (Wildman–Crippen LogP) is 3.76. The molecular weight excluding hydrogens is 286 g/mol. The minimum atomic E-state index is -0.0980. The van der Waals surface area contributed by atoms with Gasteiger partial charge in [-0.25, -0.2) is 0 Å². The van der Waals surface area contributed by atoms with Crippen molar-refractivity contribution in [2.45, 2.75) is 38.1 Å². The highest BCUT2D eigenvalue weighted by Gasteiger charge is 2.27. The first-order valence-corrected chi connectivity index (χ1v) is 7.63. The second kappa shape index (κ2) is 7.38. The molecule has 0 spiro atoms. The Kier molecular flexibility index (Phi) is 5.52. The number of ether oxygens (including phenoxy) is 1. The van der Waals surface area contributed by atoms with Gasteiger partial charge in [-0.1, -0.05) is 36.8 Å². The van der Waals surface area contributed by atoms with E-state index in [9.17, 15) is 4.79 Å². The van der Waals surface area contributed by atoms with Crippen LogP contribution in [0.5, 0.6) is 5.75 Å².